The van der Waals surface area contributed by atoms with Crippen LogP contribution in [0.5, 0.6) is 0 Å². The highest BCUT2D eigenvalue weighted by Crippen LogP contribution is 2.77. The third-order valence-corrected chi connectivity index (χ3v) is 17.8. The Kier molecular flexibility index (Phi) is 11.1. The second kappa shape index (κ2) is 14.5. The van der Waals surface area contributed by atoms with Crippen molar-refractivity contribution in [3.8, 4) is 0 Å². The Labute approximate surface area is 321 Å². The second-order valence-electron chi connectivity index (χ2n) is 20.2. The van der Waals surface area contributed by atoms with Crippen molar-refractivity contribution in [2.24, 2.45) is 56.7 Å². The van der Waals surface area contributed by atoms with Crippen LogP contribution in [0.4, 0.5) is 0 Å². The van der Waals surface area contributed by atoms with Crippen molar-refractivity contribution in [3.63, 3.8) is 0 Å². The van der Waals surface area contributed by atoms with E-state index in [2.05, 4.69) is 48.1 Å². The first-order valence-corrected chi connectivity index (χ1v) is 20.9. The Morgan fingerprint density at radius 1 is 0.648 bits per heavy atom. The second-order valence-corrected chi connectivity index (χ2v) is 20.2. The highest BCUT2D eigenvalue weighted by molar-refractivity contribution is 5.21. The zero-order valence-electron chi connectivity index (χ0n) is 33.3. The summed E-state index contributed by atoms with van der Waals surface area (Å²) < 4.78 is 24.0. The zero-order chi connectivity index (χ0) is 39.3. The molecule has 20 atom stereocenters. The maximum atomic E-state index is 11.4. The molecule has 7 aliphatic rings. The van der Waals surface area contributed by atoms with E-state index in [9.17, 15) is 40.9 Å². The smallest absolute Gasteiger partial charge is 0.187 e. The fraction of sp³-hybridized carbons (Fsp3) is 0.952. The van der Waals surface area contributed by atoms with Gasteiger partial charge in [0.1, 0.15) is 48.8 Å². The van der Waals surface area contributed by atoms with E-state index in [0.717, 1.165) is 51.4 Å². The highest BCUT2D eigenvalue weighted by atomic mass is 16.7. The SMILES string of the molecule is C=C(C)[C@@H]1CC[C@]2(CO)CC[C@]3(C)[C@H](CC[C@@H]4[C@@]5(C)CC[C@H](O[C@@H]6O[C@H](CO)[C@@H](O[C@@H]7O[C@H](CO)[C@@H](O)[C@H](O)[C@H]7O)[C@H](O)[C@H]6O)C(C)(C)[C@@H]5CC[C@]43C)[C@@H]12. The van der Waals surface area contributed by atoms with Gasteiger partial charge in [0.25, 0.3) is 0 Å². The molecule has 7 rings (SSSR count). The number of hydrogen-bond donors (Lipinski definition) is 8. The molecule has 0 unspecified atom stereocenters. The van der Waals surface area contributed by atoms with Crippen molar-refractivity contribution in [1.82, 2.24) is 0 Å². The van der Waals surface area contributed by atoms with Gasteiger partial charge in [-0.1, -0.05) is 46.8 Å². The van der Waals surface area contributed by atoms with Gasteiger partial charge in [-0.15, -0.1) is 0 Å². The number of ether oxygens (including phenoxy) is 4. The average Bonchev–Trinajstić information content (AvgIpc) is 3.53. The monoisotopic (exact) mass is 766 g/mol. The lowest BCUT2D eigenvalue weighted by Gasteiger charge is -2.73. The average molecular weight is 767 g/mol. The van der Waals surface area contributed by atoms with Gasteiger partial charge in [0.2, 0.25) is 0 Å². The van der Waals surface area contributed by atoms with Crippen LogP contribution in [0.3, 0.4) is 0 Å². The molecule has 12 nitrogen and oxygen atoms in total. The first-order chi connectivity index (χ1) is 25.3. The van der Waals surface area contributed by atoms with Gasteiger partial charge in [-0.3, -0.25) is 0 Å². The fourth-order valence-electron chi connectivity index (χ4n) is 14.6. The maximum Gasteiger partial charge on any atom is 0.187 e. The molecule has 2 heterocycles. The van der Waals surface area contributed by atoms with Crippen molar-refractivity contribution in [3.05, 3.63) is 12.2 Å². The fourth-order valence-corrected chi connectivity index (χ4v) is 14.6. The van der Waals surface area contributed by atoms with Crippen molar-refractivity contribution < 1.29 is 59.8 Å². The lowest BCUT2D eigenvalue weighted by Crippen LogP contribution is -2.67. The summed E-state index contributed by atoms with van der Waals surface area (Å²) in [6.07, 6.45) is -4.34. The van der Waals surface area contributed by atoms with Crippen LogP contribution >= 0.6 is 0 Å². The number of fused-ring (bicyclic) bond motifs is 7. The summed E-state index contributed by atoms with van der Waals surface area (Å²) in [5, 5.41) is 84.4. The van der Waals surface area contributed by atoms with Gasteiger partial charge >= 0.3 is 0 Å². The molecule has 7 fully saturated rings. The quantitative estimate of drug-likeness (QED) is 0.133. The summed E-state index contributed by atoms with van der Waals surface area (Å²) in [7, 11) is 0. The van der Waals surface area contributed by atoms with E-state index in [-0.39, 0.29) is 39.8 Å². The van der Waals surface area contributed by atoms with Crippen LogP contribution in [0.25, 0.3) is 0 Å². The zero-order valence-corrected chi connectivity index (χ0v) is 33.3. The lowest BCUT2D eigenvalue weighted by atomic mass is 9.32. The highest BCUT2D eigenvalue weighted by Gasteiger charge is 2.71. The summed E-state index contributed by atoms with van der Waals surface area (Å²) in [5.74, 6) is 2.43. The molecule has 0 amide bonds. The van der Waals surface area contributed by atoms with Gasteiger partial charge in [0.15, 0.2) is 12.6 Å². The molecule has 310 valence electrons. The molecule has 8 N–H and O–H groups in total. The third kappa shape index (κ3) is 5.97. The van der Waals surface area contributed by atoms with Crippen LogP contribution in [0, 0.1) is 56.7 Å². The normalized spacial score (nSPS) is 55.6. The predicted octanol–water partition coefficient (Wildman–Crippen LogP) is 2.65. The van der Waals surface area contributed by atoms with Gasteiger partial charge in [0.05, 0.1) is 19.3 Å². The molecule has 12 heteroatoms. The lowest BCUT2D eigenvalue weighted by molar-refractivity contribution is -0.369. The van der Waals surface area contributed by atoms with Gasteiger partial charge in [-0.2, -0.15) is 0 Å². The van der Waals surface area contributed by atoms with E-state index >= 15 is 0 Å². The minimum atomic E-state index is -1.73. The standard InChI is InChI=1S/C42H70O12/c1-21(2)22-10-15-42(20-45)17-16-40(6)23(29(22)42)8-9-27-39(5)13-12-28(38(3,4)26(39)11-14-41(27,40)7)53-36-34(50)32(48)35(25(19-44)52-36)54-37-33(49)31(47)30(46)24(18-43)51-37/h22-37,43-50H,1,8-20H2,2-7H3/t22-,23+,24+,25+,26-,27+,28-,29+,30+,31-,32+,33+,34+,35+,36-,37-,39-,40+,41+,42+/m0/s1. The number of hydrogen-bond acceptors (Lipinski definition) is 12. The van der Waals surface area contributed by atoms with E-state index < -0.39 is 74.6 Å². The van der Waals surface area contributed by atoms with Gasteiger partial charge in [-0.05, 0) is 128 Å². The first kappa shape index (κ1) is 41.4. The summed E-state index contributed by atoms with van der Waals surface area (Å²) in [5.41, 5.74) is 1.41. The van der Waals surface area contributed by atoms with Crippen LogP contribution in [0.15, 0.2) is 12.2 Å². The Morgan fingerprint density at radius 2 is 1.30 bits per heavy atom. The van der Waals surface area contributed by atoms with Crippen molar-refractivity contribution in [2.75, 3.05) is 19.8 Å². The van der Waals surface area contributed by atoms with Crippen LogP contribution in [-0.4, -0.2) is 128 Å². The van der Waals surface area contributed by atoms with Gasteiger partial charge in [-0.25, -0.2) is 0 Å². The van der Waals surface area contributed by atoms with E-state index in [4.69, 9.17) is 18.9 Å². The van der Waals surface area contributed by atoms with Crippen molar-refractivity contribution in [2.45, 2.75) is 173 Å². The van der Waals surface area contributed by atoms with Gasteiger partial charge in [0, 0.05) is 6.61 Å². The number of aliphatic hydroxyl groups excluding tert-OH is 8. The van der Waals surface area contributed by atoms with E-state index in [1.807, 2.05) is 0 Å². The largest absolute Gasteiger partial charge is 0.396 e. The molecular weight excluding hydrogens is 696 g/mol. The van der Waals surface area contributed by atoms with Crippen molar-refractivity contribution in [1.29, 1.82) is 0 Å². The number of allylic oxidation sites excluding steroid dienone is 1. The maximum absolute atomic E-state index is 11.4. The van der Waals surface area contributed by atoms with Gasteiger partial charge < -0.3 is 59.8 Å². The van der Waals surface area contributed by atoms with E-state index in [0.29, 0.717) is 29.6 Å². The summed E-state index contributed by atoms with van der Waals surface area (Å²) in [6.45, 7) is 17.9. The Hall–Kier alpha value is -0.740. The molecule has 54 heavy (non-hydrogen) atoms. The number of rotatable bonds is 8. The van der Waals surface area contributed by atoms with Crippen molar-refractivity contribution >= 4 is 0 Å². The van der Waals surface area contributed by atoms with Crippen LogP contribution < -0.4 is 0 Å². The van der Waals surface area contributed by atoms with E-state index in [1.54, 1.807) is 0 Å². The Morgan fingerprint density at radius 3 is 1.94 bits per heavy atom. The van der Waals surface area contributed by atoms with Crippen LogP contribution in [-0.2, 0) is 18.9 Å². The molecule has 0 aromatic rings. The molecule has 2 aliphatic heterocycles. The minimum absolute atomic E-state index is 0.0237. The summed E-state index contributed by atoms with van der Waals surface area (Å²) >= 11 is 0. The Balaban J connectivity index is 1.07. The molecular formula is C42H70O12. The molecule has 5 aliphatic carbocycles. The van der Waals surface area contributed by atoms with Crippen LogP contribution in [0.1, 0.15) is 106 Å². The molecule has 0 bridgehead atoms. The molecule has 0 aromatic carbocycles. The molecule has 5 saturated carbocycles. The third-order valence-electron chi connectivity index (χ3n) is 17.8. The molecule has 0 aromatic heterocycles. The Bertz CT molecular complexity index is 1370. The topological polar surface area (TPSA) is 199 Å². The molecule has 2 saturated heterocycles. The minimum Gasteiger partial charge on any atom is -0.396 e. The molecule has 0 radical (unpaired) electrons. The predicted molar refractivity (Wildman–Crippen MR) is 197 cm³/mol. The summed E-state index contributed by atoms with van der Waals surface area (Å²) in [6, 6.07) is 0. The number of aliphatic hydroxyl groups is 8. The van der Waals surface area contributed by atoms with E-state index in [1.165, 1.54) is 18.4 Å². The first-order valence-electron chi connectivity index (χ1n) is 20.9. The summed E-state index contributed by atoms with van der Waals surface area (Å²) in [4.78, 5) is 0. The van der Waals surface area contributed by atoms with Crippen LogP contribution in [0.2, 0.25) is 0 Å². The molecule has 0 spiro atoms.